The van der Waals surface area contributed by atoms with Crippen molar-refractivity contribution in [3.8, 4) is 22.8 Å². The van der Waals surface area contributed by atoms with Crippen molar-refractivity contribution in [1.29, 1.82) is 0 Å². The Bertz CT molecular complexity index is 1380. The number of hydrazone groups is 1. The third-order valence-electron chi connectivity index (χ3n) is 5.58. The van der Waals surface area contributed by atoms with Crippen LogP contribution in [0, 0.1) is 0 Å². The molecule has 0 bridgehead atoms. The lowest BCUT2D eigenvalue weighted by Gasteiger charge is -2.18. The zero-order valence-corrected chi connectivity index (χ0v) is 22.7. The van der Waals surface area contributed by atoms with E-state index < -0.39 is 0 Å². The third kappa shape index (κ3) is 6.78. The first-order valence-electron chi connectivity index (χ1n) is 11.7. The second-order valence-corrected chi connectivity index (χ2v) is 10.7. The second-order valence-electron chi connectivity index (χ2n) is 9.30. The van der Waals surface area contributed by atoms with E-state index in [2.05, 4.69) is 53.6 Å². The molecule has 0 radical (unpaired) electrons. The number of halogens is 1. The molecule has 4 rings (SSSR count). The van der Waals surface area contributed by atoms with E-state index in [0.717, 1.165) is 22.6 Å². The Labute approximate surface area is 225 Å². The van der Waals surface area contributed by atoms with Crippen molar-refractivity contribution >= 4 is 35.5 Å². The van der Waals surface area contributed by atoms with E-state index in [0.29, 0.717) is 16.0 Å². The number of rotatable bonds is 8. The van der Waals surface area contributed by atoms with Crippen LogP contribution in [0.4, 0.5) is 0 Å². The highest BCUT2D eigenvalue weighted by molar-refractivity contribution is 7.99. The van der Waals surface area contributed by atoms with Crippen LogP contribution in [0.3, 0.4) is 0 Å². The number of carbonyl (C=O) groups is 1. The first-order chi connectivity index (χ1) is 17.7. The molecular weight excluding hydrogens is 506 g/mol. The van der Waals surface area contributed by atoms with Gasteiger partial charge in [0.1, 0.15) is 5.75 Å². The molecule has 7 nitrogen and oxygen atoms in total. The van der Waals surface area contributed by atoms with E-state index in [9.17, 15) is 4.79 Å². The van der Waals surface area contributed by atoms with Crippen molar-refractivity contribution in [3.05, 3.63) is 88.9 Å². The Kier molecular flexibility index (Phi) is 8.31. The molecule has 0 spiro atoms. The average Bonchev–Trinajstić information content (AvgIpc) is 3.31. The number of methoxy groups -OCH3 is 1. The number of nitrogens with zero attached hydrogens (tertiary/aromatic N) is 4. The monoisotopic (exact) mass is 533 g/mol. The fraction of sp³-hybridized carbons (Fsp3) is 0.214. The van der Waals surface area contributed by atoms with Gasteiger partial charge < -0.3 is 4.74 Å². The molecule has 0 unspecified atom stereocenters. The zero-order chi connectivity index (χ0) is 26.4. The largest absolute Gasteiger partial charge is 0.497 e. The Hall–Kier alpha value is -3.62. The lowest BCUT2D eigenvalue weighted by Crippen LogP contribution is -2.20. The maximum absolute atomic E-state index is 12.5. The number of thioether (sulfide) groups is 1. The summed E-state index contributed by atoms with van der Waals surface area (Å²) in [5.41, 5.74) is 6.51. The molecule has 1 heterocycles. The summed E-state index contributed by atoms with van der Waals surface area (Å²) in [4.78, 5) is 12.5. The standard InChI is InChI=1S/C28H28ClN5O2S/c1-28(2,3)21-9-5-19(6-10-21)17-30-31-25(35)18-37-27-33-32-26(20-7-15-24(36-4)16-8-20)34(27)23-13-11-22(29)12-14-23/h5-17H,18H2,1-4H3,(H,31,35). The Morgan fingerprint density at radius 1 is 1.03 bits per heavy atom. The summed E-state index contributed by atoms with van der Waals surface area (Å²) in [6.07, 6.45) is 1.63. The summed E-state index contributed by atoms with van der Waals surface area (Å²) in [7, 11) is 1.62. The number of ether oxygens (including phenoxy) is 1. The van der Waals surface area contributed by atoms with Crippen LogP contribution in [-0.4, -0.2) is 39.7 Å². The van der Waals surface area contributed by atoms with E-state index >= 15 is 0 Å². The maximum atomic E-state index is 12.5. The fourth-order valence-electron chi connectivity index (χ4n) is 3.52. The van der Waals surface area contributed by atoms with Crippen molar-refractivity contribution in [2.75, 3.05) is 12.9 Å². The van der Waals surface area contributed by atoms with Gasteiger partial charge in [-0.05, 0) is 65.1 Å². The number of benzene rings is 3. The predicted octanol–water partition coefficient (Wildman–Crippen LogP) is 6.14. The van der Waals surface area contributed by atoms with Crippen molar-refractivity contribution in [2.24, 2.45) is 5.10 Å². The van der Waals surface area contributed by atoms with Crippen molar-refractivity contribution < 1.29 is 9.53 Å². The lowest BCUT2D eigenvalue weighted by atomic mass is 9.87. The number of hydrogen-bond donors (Lipinski definition) is 1. The van der Waals surface area contributed by atoms with Gasteiger partial charge in [-0.15, -0.1) is 10.2 Å². The SMILES string of the molecule is COc1ccc(-c2nnc(SCC(=O)NN=Cc3ccc(C(C)(C)C)cc3)n2-c2ccc(Cl)cc2)cc1. The second kappa shape index (κ2) is 11.6. The molecule has 37 heavy (non-hydrogen) atoms. The number of amides is 1. The third-order valence-corrected chi connectivity index (χ3v) is 6.76. The molecule has 4 aromatic rings. The molecule has 0 saturated heterocycles. The van der Waals surface area contributed by atoms with Crippen LogP contribution < -0.4 is 10.2 Å². The Balaban J connectivity index is 1.46. The van der Waals surface area contributed by atoms with Crippen molar-refractivity contribution in [3.63, 3.8) is 0 Å². The van der Waals surface area contributed by atoms with Gasteiger partial charge in [0.15, 0.2) is 11.0 Å². The summed E-state index contributed by atoms with van der Waals surface area (Å²) in [5.74, 6) is 1.27. The number of hydrogen-bond acceptors (Lipinski definition) is 6. The summed E-state index contributed by atoms with van der Waals surface area (Å²) in [6.45, 7) is 6.51. The van der Waals surface area contributed by atoms with E-state index in [1.54, 1.807) is 25.5 Å². The molecule has 0 fully saturated rings. The van der Waals surface area contributed by atoms with Crippen molar-refractivity contribution in [2.45, 2.75) is 31.3 Å². The summed E-state index contributed by atoms with van der Waals surface area (Å²) < 4.78 is 7.16. The molecule has 0 aliphatic carbocycles. The maximum Gasteiger partial charge on any atom is 0.250 e. The van der Waals surface area contributed by atoms with Crippen LogP contribution in [0.15, 0.2) is 83.1 Å². The molecule has 0 saturated carbocycles. The summed E-state index contributed by atoms with van der Waals surface area (Å²) in [5, 5.41) is 14.1. The smallest absolute Gasteiger partial charge is 0.250 e. The van der Waals surface area contributed by atoms with E-state index in [1.165, 1.54) is 17.3 Å². The number of aromatic nitrogens is 3. The van der Waals surface area contributed by atoms with Crippen LogP contribution in [0.25, 0.3) is 17.1 Å². The fourth-order valence-corrected chi connectivity index (χ4v) is 4.39. The minimum absolute atomic E-state index is 0.0842. The van der Waals surface area contributed by atoms with Crippen LogP contribution in [0.2, 0.25) is 5.02 Å². The number of nitrogens with one attached hydrogen (secondary N) is 1. The predicted molar refractivity (Wildman–Crippen MR) is 150 cm³/mol. The van der Waals surface area contributed by atoms with Crippen LogP contribution in [-0.2, 0) is 10.2 Å². The Morgan fingerprint density at radius 3 is 2.32 bits per heavy atom. The van der Waals surface area contributed by atoms with Crippen molar-refractivity contribution in [1.82, 2.24) is 20.2 Å². The first kappa shape index (κ1) is 26.4. The van der Waals surface area contributed by atoms with Crippen LogP contribution >= 0.6 is 23.4 Å². The average molecular weight is 534 g/mol. The summed E-state index contributed by atoms with van der Waals surface area (Å²) in [6, 6.07) is 23.1. The van der Waals surface area contributed by atoms with Gasteiger partial charge in [0.2, 0.25) is 0 Å². The van der Waals surface area contributed by atoms with E-state index in [4.69, 9.17) is 16.3 Å². The van der Waals surface area contributed by atoms with Gasteiger partial charge in [0, 0.05) is 16.3 Å². The van der Waals surface area contributed by atoms with Gasteiger partial charge in [-0.1, -0.05) is 68.4 Å². The van der Waals surface area contributed by atoms with E-state index in [-0.39, 0.29) is 17.1 Å². The Morgan fingerprint density at radius 2 is 1.70 bits per heavy atom. The lowest BCUT2D eigenvalue weighted by molar-refractivity contribution is -0.118. The topological polar surface area (TPSA) is 81.4 Å². The van der Waals surface area contributed by atoms with Gasteiger partial charge in [-0.25, -0.2) is 5.43 Å². The number of carbonyl (C=O) groups excluding carboxylic acids is 1. The molecule has 0 aliphatic heterocycles. The van der Waals surface area contributed by atoms with Crippen LogP contribution in [0.1, 0.15) is 31.9 Å². The van der Waals surface area contributed by atoms with E-state index in [1.807, 2.05) is 53.1 Å². The molecule has 1 aromatic heterocycles. The highest BCUT2D eigenvalue weighted by Crippen LogP contribution is 2.29. The van der Waals surface area contributed by atoms with Gasteiger partial charge in [0.25, 0.3) is 5.91 Å². The van der Waals surface area contributed by atoms with Gasteiger partial charge >= 0.3 is 0 Å². The van der Waals surface area contributed by atoms with Gasteiger partial charge in [-0.3, -0.25) is 9.36 Å². The van der Waals surface area contributed by atoms with Gasteiger partial charge in [0.05, 0.1) is 19.1 Å². The summed E-state index contributed by atoms with van der Waals surface area (Å²) >= 11 is 7.37. The molecule has 3 aromatic carbocycles. The molecule has 0 aliphatic rings. The molecule has 1 amide bonds. The van der Waals surface area contributed by atoms with Gasteiger partial charge in [-0.2, -0.15) is 5.10 Å². The highest BCUT2D eigenvalue weighted by Gasteiger charge is 2.18. The first-order valence-corrected chi connectivity index (χ1v) is 13.0. The minimum atomic E-state index is -0.246. The highest BCUT2D eigenvalue weighted by atomic mass is 35.5. The zero-order valence-electron chi connectivity index (χ0n) is 21.1. The van der Waals surface area contributed by atoms with Crippen LogP contribution in [0.5, 0.6) is 5.75 Å². The molecule has 1 N–H and O–H groups in total. The minimum Gasteiger partial charge on any atom is -0.497 e. The molecular formula is C28H28ClN5O2S. The normalized spacial score (nSPS) is 11.6. The quantitative estimate of drug-likeness (QED) is 0.167. The molecule has 190 valence electrons. The molecule has 9 heteroatoms. The molecule has 0 atom stereocenters.